The lowest BCUT2D eigenvalue weighted by atomic mass is 10.0. The third kappa shape index (κ3) is 2.58. The Hall–Kier alpha value is -2.61. The van der Waals surface area contributed by atoms with Gasteiger partial charge in [0.05, 0.1) is 6.42 Å². The molecule has 120 valence electrons. The van der Waals surface area contributed by atoms with E-state index in [1.807, 2.05) is 6.07 Å². The molecule has 0 spiro atoms. The largest absolute Gasteiger partial charge is 0.325 e. The molecule has 0 aromatic heterocycles. The van der Waals surface area contributed by atoms with E-state index in [-0.39, 0.29) is 5.91 Å². The van der Waals surface area contributed by atoms with Gasteiger partial charge in [0.15, 0.2) is 0 Å². The van der Waals surface area contributed by atoms with E-state index in [0.29, 0.717) is 6.42 Å². The fourth-order valence-corrected chi connectivity index (χ4v) is 3.71. The van der Waals surface area contributed by atoms with Crippen molar-refractivity contribution in [2.24, 2.45) is 0 Å². The van der Waals surface area contributed by atoms with Gasteiger partial charge in [0, 0.05) is 11.1 Å². The van der Waals surface area contributed by atoms with Gasteiger partial charge in [-0.15, -0.1) is 0 Å². The molecule has 3 aromatic rings. The summed E-state index contributed by atoms with van der Waals surface area (Å²) in [5, 5.41) is 5.62. The summed E-state index contributed by atoms with van der Waals surface area (Å²) in [6.07, 6.45) is 2.62. The molecule has 2 heteroatoms. The van der Waals surface area contributed by atoms with Gasteiger partial charge in [-0.2, -0.15) is 0 Å². The molecule has 0 radical (unpaired) electrons. The number of rotatable bonds is 3. The SMILES string of the molecule is Cc1ccc(C)c(CC(=O)Nc2ccc3c4c(cccc24)CC3)c1. The summed E-state index contributed by atoms with van der Waals surface area (Å²) < 4.78 is 0. The Morgan fingerprint density at radius 3 is 2.62 bits per heavy atom. The Morgan fingerprint density at radius 2 is 1.79 bits per heavy atom. The summed E-state index contributed by atoms with van der Waals surface area (Å²) in [5.74, 6) is 0.0439. The number of carbonyl (C=O) groups is 1. The van der Waals surface area contributed by atoms with Crippen molar-refractivity contribution in [2.75, 3.05) is 5.32 Å². The molecule has 1 aliphatic rings. The minimum Gasteiger partial charge on any atom is -0.325 e. The summed E-state index contributed by atoms with van der Waals surface area (Å²) >= 11 is 0. The molecule has 3 aromatic carbocycles. The molecule has 0 unspecified atom stereocenters. The van der Waals surface area contributed by atoms with Crippen LogP contribution in [0.15, 0.2) is 48.5 Å². The molecule has 0 heterocycles. The Morgan fingerprint density at radius 1 is 1.00 bits per heavy atom. The van der Waals surface area contributed by atoms with Crippen LogP contribution in [0.4, 0.5) is 5.69 Å². The van der Waals surface area contributed by atoms with Crippen LogP contribution in [0.2, 0.25) is 0 Å². The van der Waals surface area contributed by atoms with Crippen LogP contribution in [0.25, 0.3) is 10.8 Å². The fourth-order valence-electron chi connectivity index (χ4n) is 3.71. The van der Waals surface area contributed by atoms with Crippen LogP contribution >= 0.6 is 0 Å². The van der Waals surface area contributed by atoms with Crippen LogP contribution in [0.3, 0.4) is 0 Å². The minimum atomic E-state index is 0.0439. The second-order valence-electron chi connectivity index (χ2n) is 6.77. The smallest absolute Gasteiger partial charge is 0.228 e. The van der Waals surface area contributed by atoms with Crippen LogP contribution < -0.4 is 5.32 Å². The molecule has 1 aliphatic carbocycles. The monoisotopic (exact) mass is 315 g/mol. The van der Waals surface area contributed by atoms with Gasteiger partial charge in [-0.05, 0) is 60.4 Å². The molecular formula is C22H21NO. The lowest BCUT2D eigenvalue weighted by Gasteiger charge is -2.12. The van der Waals surface area contributed by atoms with Crippen molar-refractivity contribution in [1.29, 1.82) is 0 Å². The summed E-state index contributed by atoms with van der Waals surface area (Å²) in [6, 6.07) is 16.9. The Balaban J connectivity index is 1.63. The maximum Gasteiger partial charge on any atom is 0.228 e. The van der Waals surface area contributed by atoms with Crippen LogP contribution in [-0.4, -0.2) is 5.91 Å². The van der Waals surface area contributed by atoms with Gasteiger partial charge in [-0.1, -0.05) is 48.0 Å². The van der Waals surface area contributed by atoms with E-state index in [2.05, 4.69) is 61.6 Å². The highest BCUT2D eigenvalue weighted by Crippen LogP contribution is 2.35. The summed E-state index contributed by atoms with van der Waals surface area (Å²) in [4.78, 5) is 12.6. The zero-order valence-electron chi connectivity index (χ0n) is 14.1. The normalized spacial score (nSPS) is 12.6. The van der Waals surface area contributed by atoms with Gasteiger partial charge < -0.3 is 5.32 Å². The first-order valence-corrected chi connectivity index (χ1v) is 8.51. The highest BCUT2D eigenvalue weighted by molar-refractivity contribution is 6.05. The quantitative estimate of drug-likeness (QED) is 0.743. The third-order valence-electron chi connectivity index (χ3n) is 5.01. The highest BCUT2D eigenvalue weighted by Gasteiger charge is 2.16. The Bertz CT molecular complexity index is 945. The molecule has 0 fully saturated rings. The van der Waals surface area contributed by atoms with E-state index in [4.69, 9.17) is 0 Å². The van der Waals surface area contributed by atoms with Crippen LogP contribution in [0.5, 0.6) is 0 Å². The second kappa shape index (κ2) is 5.79. The summed E-state index contributed by atoms with van der Waals surface area (Å²) in [7, 11) is 0. The second-order valence-corrected chi connectivity index (χ2v) is 6.77. The highest BCUT2D eigenvalue weighted by atomic mass is 16.1. The molecule has 0 aliphatic heterocycles. The summed E-state index contributed by atoms with van der Waals surface area (Å²) in [5.41, 5.74) is 7.16. The maximum atomic E-state index is 12.6. The van der Waals surface area contributed by atoms with Gasteiger partial charge in [0.2, 0.25) is 5.91 Å². The van der Waals surface area contributed by atoms with E-state index in [1.165, 1.54) is 22.1 Å². The minimum absolute atomic E-state index is 0.0439. The number of nitrogens with one attached hydrogen (secondary N) is 1. The number of carbonyl (C=O) groups excluding carboxylic acids is 1. The van der Waals surface area contributed by atoms with Gasteiger partial charge >= 0.3 is 0 Å². The molecular weight excluding hydrogens is 294 g/mol. The van der Waals surface area contributed by atoms with Crippen LogP contribution in [0, 0.1) is 13.8 Å². The predicted molar refractivity (Wildman–Crippen MR) is 99.6 cm³/mol. The molecule has 0 bridgehead atoms. The van der Waals surface area contributed by atoms with Gasteiger partial charge in [0.25, 0.3) is 0 Å². The van der Waals surface area contributed by atoms with E-state index < -0.39 is 0 Å². The molecule has 0 atom stereocenters. The average Bonchev–Trinajstić information content (AvgIpc) is 2.98. The van der Waals surface area contributed by atoms with E-state index in [9.17, 15) is 4.79 Å². The zero-order valence-corrected chi connectivity index (χ0v) is 14.1. The number of aryl methyl sites for hydroxylation is 4. The molecule has 2 nitrogen and oxygen atoms in total. The molecule has 4 rings (SSSR count). The van der Waals surface area contributed by atoms with E-state index in [1.54, 1.807) is 0 Å². The van der Waals surface area contributed by atoms with Crippen molar-refractivity contribution in [3.63, 3.8) is 0 Å². The molecule has 0 saturated heterocycles. The van der Waals surface area contributed by atoms with Crippen molar-refractivity contribution < 1.29 is 4.79 Å². The Kier molecular flexibility index (Phi) is 3.61. The van der Waals surface area contributed by atoms with Gasteiger partial charge in [-0.25, -0.2) is 0 Å². The number of benzene rings is 3. The lowest BCUT2D eigenvalue weighted by Crippen LogP contribution is -2.15. The number of amides is 1. The first kappa shape index (κ1) is 14.9. The standard InChI is InChI=1S/C22H21NO/c1-14-6-7-15(2)18(12-14)13-21(24)23-20-11-10-17-9-8-16-4-3-5-19(20)22(16)17/h3-7,10-12H,8-9,13H2,1-2H3,(H,23,24). The van der Waals surface area contributed by atoms with Gasteiger partial charge in [0.1, 0.15) is 0 Å². The average molecular weight is 315 g/mol. The first-order valence-electron chi connectivity index (χ1n) is 8.51. The number of anilines is 1. The van der Waals surface area contributed by atoms with E-state index in [0.717, 1.165) is 35.0 Å². The van der Waals surface area contributed by atoms with Crippen molar-refractivity contribution >= 4 is 22.4 Å². The van der Waals surface area contributed by atoms with Crippen molar-refractivity contribution in [3.8, 4) is 0 Å². The molecule has 1 N–H and O–H groups in total. The van der Waals surface area contributed by atoms with Crippen molar-refractivity contribution in [1.82, 2.24) is 0 Å². The lowest BCUT2D eigenvalue weighted by molar-refractivity contribution is -0.115. The van der Waals surface area contributed by atoms with Crippen LogP contribution in [-0.2, 0) is 24.1 Å². The molecule has 1 amide bonds. The van der Waals surface area contributed by atoms with E-state index >= 15 is 0 Å². The van der Waals surface area contributed by atoms with Crippen molar-refractivity contribution in [3.05, 3.63) is 76.3 Å². The Labute approximate surface area is 142 Å². The van der Waals surface area contributed by atoms with Crippen LogP contribution in [0.1, 0.15) is 27.8 Å². The fraction of sp³-hybridized carbons (Fsp3) is 0.227. The topological polar surface area (TPSA) is 29.1 Å². The molecule has 24 heavy (non-hydrogen) atoms. The third-order valence-corrected chi connectivity index (χ3v) is 5.01. The predicted octanol–water partition coefficient (Wildman–Crippen LogP) is 4.74. The van der Waals surface area contributed by atoms with Crippen molar-refractivity contribution in [2.45, 2.75) is 33.1 Å². The maximum absolute atomic E-state index is 12.6. The van der Waals surface area contributed by atoms with Gasteiger partial charge in [-0.3, -0.25) is 4.79 Å². The number of hydrogen-bond donors (Lipinski definition) is 1. The first-order chi connectivity index (χ1) is 11.6. The number of hydrogen-bond acceptors (Lipinski definition) is 1. The summed E-state index contributed by atoms with van der Waals surface area (Å²) in [6.45, 7) is 4.12. The zero-order chi connectivity index (χ0) is 16.7. The molecule has 0 saturated carbocycles.